The molecule has 2 aromatic carbocycles. The molecule has 1 aliphatic rings. The van der Waals surface area contributed by atoms with Gasteiger partial charge in [-0.2, -0.15) is 0 Å². The number of carbonyl (C=O) groups is 2. The molecule has 5 nitrogen and oxygen atoms in total. The Morgan fingerprint density at radius 2 is 1.68 bits per heavy atom. The Hall–Kier alpha value is -2.82. The molecule has 0 heterocycles. The van der Waals surface area contributed by atoms with Crippen LogP contribution in [-0.4, -0.2) is 24.0 Å². The Morgan fingerprint density at radius 1 is 1.00 bits per heavy atom. The van der Waals surface area contributed by atoms with Crippen molar-refractivity contribution in [3.8, 4) is 0 Å². The number of hydrogen-bond acceptors (Lipinski definition) is 4. The Morgan fingerprint density at radius 3 is 2.43 bits per heavy atom. The number of nitrogens with one attached hydrogen (secondary N) is 2. The van der Waals surface area contributed by atoms with Gasteiger partial charge in [0.05, 0.1) is 11.3 Å². The quantitative estimate of drug-likeness (QED) is 0.716. The van der Waals surface area contributed by atoms with Gasteiger partial charge in [0, 0.05) is 11.7 Å². The van der Waals surface area contributed by atoms with Gasteiger partial charge in [-0.3, -0.25) is 4.79 Å². The van der Waals surface area contributed by atoms with Crippen molar-refractivity contribution in [3.63, 3.8) is 0 Å². The first-order valence-corrected chi connectivity index (χ1v) is 9.89. The molecule has 1 fully saturated rings. The van der Waals surface area contributed by atoms with Crippen LogP contribution in [0, 0.1) is 13.8 Å². The number of amides is 1. The predicted molar refractivity (Wildman–Crippen MR) is 111 cm³/mol. The molecule has 1 amide bonds. The number of anilines is 2. The highest BCUT2D eigenvalue weighted by molar-refractivity contribution is 5.98. The van der Waals surface area contributed by atoms with E-state index in [1.165, 1.54) is 5.56 Å². The first-order chi connectivity index (χ1) is 13.5. The topological polar surface area (TPSA) is 67.4 Å². The van der Waals surface area contributed by atoms with Crippen LogP contribution in [0.15, 0.2) is 42.5 Å². The molecule has 5 heteroatoms. The van der Waals surface area contributed by atoms with E-state index in [2.05, 4.69) is 10.6 Å². The monoisotopic (exact) mass is 380 g/mol. The van der Waals surface area contributed by atoms with E-state index < -0.39 is 12.1 Å². The third-order valence-corrected chi connectivity index (χ3v) is 5.38. The Bertz CT molecular complexity index is 857. The van der Waals surface area contributed by atoms with Gasteiger partial charge in [0.2, 0.25) is 0 Å². The minimum atomic E-state index is -0.832. The Kier molecular flexibility index (Phi) is 6.34. The van der Waals surface area contributed by atoms with Crippen molar-refractivity contribution in [3.05, 3.63) is 59.2 Å². The summed E-state index contributed by atoms with van der Waals surface area (Å²) in [6.45, 7) is 5.70. The average Bonchev–Trinajstić information content (AvgIpc) is 3.18. The number of hydrogen-bond donors (Lipinski definition) is 2. The molecule has 3 rings (SSSR count). The molecule has 28 heavy (non-hydrogen) atoms. The zero-order valence-corrected chi connectivity index (χ0v) is 16.7. The molecule has 0 aromatic heterocycles. The van der Waals surface area contributed by atoms with Crippen LogP contribution in [0.5, 0.6) is 0 Å². The summed E-state index contributed by atoms with van der Waals surface area (Å²) < 4.78 is 5.45. The summed E-state index contributed by atoms with van der Waals surface area (Å²) in [5.41, 5.74) is 4.29. The van der Waals surface area contributed by atoms with E-state index in [9.17, 15) is 9.59 Å². The van der Waals surface area contributed by atoms with Gasteiger partial charge in [0.1, 0.15) is 0 Å². The molecular formula is C23H28N2O3. The van der Waals surface area contributed by atoms with Crippen molar-refractivity contribution < 1.29 is 14.3 Å². The number of rotatable bonds is 6. The van der Waals surface area contributed by atoms with Crippen molar-refractivity contribution in [1.29, 1.82) is 0 Å². The maximum absolute atomic E-state index is 12.7. The number of benzene rings is 2. The SMILES string of the molecule is Cc1cccc(Nc2ccccc2C(=O)O[C@@H](C)C(=O)NC2CCCC2)c1C. The number of carbonyl (C=O) groups excluding carboxylic acids is 2. The van der Waals surface area contributed by atoms with E-state index >= 15 is 0 Å². The summed E-state index contributed by atoms with van der Waals surface area (Å²) in [6.07, 6.45) is 3.43. The highest BCUT2D eigenvalue weighted by Gasteiger charge is 2.24. The maximum atomic E-state index is 12.7. The predicted octanol–water partition coefficient (Wildman–Crippen LogP) is 4.65. The second-order valence-electron chi connectivity index (χ2n) is 7.46. The molecule has 2 aromatic rings. The maximum Gasteiger partial charge on any atom is 0.341 e. The van der Waals surface area contributed by atoms with Crippen molar-refractivity contribution in [2.75, 3.05) is 5.32 Å². The largest absolute Gasteiger partial charge is 0.449 e. The van der Waals surface area contributed by atoms with Gasteiger partial charge in [-0.05, 0) is 62.9 Å². The molecule has 0 bridgehead atoms. The van der Waals surface area contributed by atoms with E-state index in [1.807, 2.05) is 44.2 Å². The second-order valence-corrected chi connectivity index (χ2v) is 7.46. The first kappa shape index (κ1) is 19.9. The number of ether oxygens (including phenoxy) is 1. The fourth-order valence-corrected chi connectivity index (χ4v) is 3.47. The summed E-state index contributed by atoms with van der Waals surface area (Å²) in [5, 5.41) is 6.29. The molecule has 0 unspecified atom stereocenters. The zero-order chi connectivity index (χ0) is 20.1. The molecule has 1 aliphatic carbocycles. The lowest BCUT2D eigenvalue weighted by Gasteiger charge is -2.18. The molecule has 0 saturated heterocycles. The third-order valence-electron chi connectivity index (χ3n) is 5.38. The molecule has 1 atom stereocenters. The minimum Gasteiger partial charge on any atom is -0.449 e. The molecule has 148 valence electrons. The van der Waals surface area contributed by atoms with Gasteiger partial charge in [-0.1, -0.05) is 37.1 Å². The van der Waals surface area contributed by atoms with Crippen LogP contribution >= 0.6 is 0 Å². The second kappa shape index (κ2) is 8.91. The fourth-order valence-electron chi connectivity index (χ4n) is 3.47. The molecule has 0 radical (unpaired) electrons. The normalized spacial score (nSPS) is 15.1. The van der Waals surface area contributed by atoms with Gasteiger partial charge in [-0.15, -0.1) is 0 Å². The average molecular weight is 380 g/mol. The first-order valence-electron chi connectivity index (χ1n) is 9.89. The molecule has 0 spiro atoms. The summed E-state index contributed by atoms with van der Waals surface area (Å²) in [7, 11) is 0. The molecule has 1 saturated carbocycles. The van der Waals surface area contributed by atoms with Crippen molar-refractivity contribution in [1.82, 2.24) is 5.32 Å². The number of para-hydroxylation sites is 1. The fraction of sp³-hybridized carbons (Fsp3) is 0.391. The van der Waals surface area contributed by atoms with Crippen LogP contribution in [0.4, 0.5) is 11.4 Å². The van der Waals surface area contributed by atoms with E-state index in [-0.39, 0.29) is 11.9 Å². The van der Waals surface area contributed by atoms with Crippen molar-refractivity contribution in [2.24, 2.45) is 0 Å². The summed E-state index contributed by atoms with van der Waals surface area (Å²) in [6, 6.07) is 13.4. The van der Waals surface area contributed by atoms with E-state index in [1.54, 1.807) is 19.1 Å². The van der Waals surface area contributed by atoms with Gasteiger partial charge < -0.3 is 15.4 Å². The van der Waals surface area contributed by atoms with Crippen LogP contribution in [0.25, 0.3) is 0 Å². The number of esters is 1. The smallest absolute Gasteiger partial charge is 0.341 e. The summed E-state index contributed by atoms with van der Waals surface area (Å²) >= 11 is 0. The third kappa shape index (κ3) is 4.71. The van der Waals surface area contributed by atoms with Crippen LogP contribution in [0.3, 0.4) is 0 Å². The van der Waals surface area contributed by atoms with Gasteiger partial charge >= 0.3 is 5.97 Å². The van der Waals surface area contributed by atoms with Gasteiger partial charge in [0.25, 0.3) is 5.91 Å². The van der Waals surface area contributed by atoms with Crippen LogP contribution < -0.4 is 10.6 Å². The molecule has 0 aliphatic heterocycles. The summed E-state index contributed by atoms with van der Waals surface area (Å²) in [4.78, 5) is 25.0. The van der Waals surface area contributed by atoms with Crippen LogP contribution in [0.1, 0.15) is 54.1 Å². The Labute approximate surface area is 166 Å². The molecular weight excluding hydrogens is 352 g/mol. The lowest BCUT2D eigenvalue weighted by atomic mass is 10.1. The van der Waals surface area contributed by atoms with Gasteiger partial charge in [-0.25, -0.2) is 4.79 Å². The van der Waals surface area contributed by atoms with E-state index in [4.69, 9.17) is 4.74 Å². The van der Waals surface area contributed by atoms with Crippen LogP contribution in [-0.2, 0) is 9.53 Å². The highest BCUT2D eigenvalue weighted by atomic mass is 16.5. The highest BCUT2D eigenvalue weighted by Crippen LogP contribution is 2.26. The van der Waals surface area contributed by atoms with Crippen molar-refractivity contribution in [2.45, 2.75) is 58.6 Å². The zero-order valence-electron chi connectivity index (χ0n) is 16.7. The standard InChI is InChI=1S/C23H28N2O3/c1-15-9-8-14-20(16(15)2)25-21-13-7-6-12-19(21)23(27)28-17(3)22(26)24-18-10-4-5-11-18/h6-9,12-14,17-18,25H,4-5,10-11H2,1-3H3,(H,24,26)/t17-/m0/s1. The lowest BCUT2D eigenvalue weighted by Crippen LogP contribution is -2.40. The minimum absolute atomic E-state index is 0.201. The van der Waals surface area contributed by atoms with Gasteiger partial charge in [0.15, 0.2) is 6.10 Å². The van der Waals surface area contributed by atoms with E-state index in [0.29, 0.717) is 11.3 Å². The molecule has 2 N–H and O–H groups in total. The number of aryl methyl sites for hydroxylation is 1. The van der Waals surface area contributed by atoms with Crippen molar-refractivity contribution >= 4 is 23.3 Å². The lowest BCUT2D eigenvalue weighted by molar-refractivity contribution is -0.129. The Balaban J connectivity index is 1.70. The van der Waals surface area contributed by atoms with Crippen LogP contribution in [0.2, 0.25) is 0 Å². The van der Waals surface area contributed by atoms with E-state index in [0.717, 1.165) is 36.9 Å². The summed E-state index contributed by atoms with van der Waals surface area (Å²) in [5.74, 6) is -0.748.